The summed E-state index contributed by atoms with van der Waals surface area (Å²) in [6.45, 7) is 1.51. The molecule has 1 atom stereocenters. The van der Waals surface area contributed by atoms with Gasteiger partial charge in [0.25, 0.3) is 11.8 Å². The van der Waals surface area contributed by atoms with E-state index in [0.29, 0.717) is 16.7 Å². The molecule has 2 amide bonds. The van der Waals surface area contributed by atoms with Crippen molar-refractivity contribution in [2.24, 2.45) is 0 Å². The number of amides is 2. The Kier molecular flexibility index (Phi) is 4.60. The maximum absolute atomic E-state index is 12.8. The largest absolute Gasteiger partial charge is 0.481 e. The summed E-state index contributed by atoms with van der Waals surface area (Å²) in [4.78, 5) is 24.2. The zero-order valence-corrected chi connectivity index (χ0v) is 13.2. The van der Waals surface area contributed by atoms with Crippen LogP contribution in [-0.2, 0) is 4.79 Å². The number of para-hydroxylation sites is 1. The van der Waals surface area contributed by atoms with Crippen LogP contribution in [0.15, 0.2) is 48.5 Å². The molecule has 0 aliphatic rings. The highest BCUT2D eigenvalue weighted by molar-refractivity contribution is 6.05. The molecule has 0 unspecified atom stereocenters. The lowest BCUT2D eigenvalue weighted by molar-refractivity contribution is -0.128. The van der Waals surface area contributed by atoms with Crippen LogP contribution in [0.3, 0.4) is 0 Å². The van der Waals surface area contributed by atoms with Crippen molar-refractivity contribution in [1.82, 2.24) is 21.0 Å². The Hall–Kier alpha value is -3.42. The molecule has 0 aliphatic carbocycles. The molecular weight excluding hydrogens is 327 g/mol. The minimum atomic E-state index is -0.887. The first-order chi connectivity index (χ1) is 12.0. The molecule has 0 fully saturated rings. The van der Waals surface area contributed by atoms with Crippen LogP contribution in [0, 0.1) is 5.82 Å². The van der Waals surface area contributed by atoms with Gasteiger partial charge in [-0.3, -0.25) is 25.5 Å². The molecule has 1 aromatic heterocycles. The van der Waals surface area contributed by atoms with Crippen molar-refractivity contribution < 1.29 is 18.7 Å². The second-order valence-corrected chi connectivity index (χ2v) is 5.28. The number of carbonyl (C=O) groups is 2. The number of benzene rings is 2. The summed E-state index contributed by atoms with van der Waals surface area (Å²) in [5, 5.41) is 7.32. The van der Waals surface area contributed by atoms with E-state index in [1.807, 2.05) is 6.07 Å². The predicted octanol–water partition coefficient (Wildman–Crippen LogP) is 1.93. The van der Waals surface area contributed by atoms with Crippen LogP contribution in [-0.4, -0.2) is 28.1 Å². The van der Waals surface area contributed by atoms with Gasteiger partial charge in [0, 0.05) is 5.39 Å². The van der Waals surface area contributed by atoms with E-state index in [1.54, 1.807) is 18.2 Å². The zero-order valence-electron chi connectivity index (χ0n) is 13.2. The highest BCUT2D eigenvalue weighted by Gasteiger charge is 2.18. The summed E-state index contributed by atoms with van der Waals surface area (Å²) in [7, 11) is 0. The molecule has 25 heavy (non-hydrogen) atoms. The molecule has 0 aliphatic heterocycles. The number of hydrazine groups is 1. The molecule has 7 nitrogen and oxygen atoms in total. The number of fused-ring (bicyclic) bond motifs is 1. The topological polar surface area (TPSA) is 96.1 Å². The summed E-state index contributed by atoms with van der Waals surface area (Å²) in [5.74, 6) is -1.17. The normalized spacial score (nSPS) is 11.8. The van der Waals surface area contributed by atoms with Gasteiger partial charge in [0.05, 0.1) is 5.52 Å². The van der Waals surface area contributed by atoms with Gasteiger partial charge in [-0.2, -0.15) is 5.10 Å². The van der Waals surface area contributed by atoms with Gasteiger partial charge in [-0.15, -0.1) is 0 Å². The number of aromatic amines is 1. The lowest BCUT2D eigenvalue weighted by Crippen LogP contribution is -2.47. The fraction of sp³-hybridized carbons (Fsp3) is 0.118. The van der Waals surface area contributed by atoms with Crippen molar-refractivity contribution in [3.8, 4) is 5.75 Å². The van der Waals surface area contributed by atoms with Gasteiger partial charge in [0.1, 0.15) is 11.6 Å². The molecule has 0 saturated carbocycles. The monoisotopic (exact) mass is 342 g/mol. The number of aromatic nitrogens is 2. The molecule has 128 valence electrons. The minimum absolute atomic E-state index is 0.169. The molecule has 1 heterocycles. The van der Waals surface area contributed by atoms with Gasteiger partial charge in [0.15, 0.2) is 11.8 Å². The van der Waals surface area contributed by atoms with E-state index < -0.39 is 23.7 Å². The molecular formula is C17H15FN4O3. The highest BCUT2D eigenvalue weighted by atomic mass is 19.1. The van der Waals surface area contributed by atoms with Crippen molar-refractivity contribution in [2.75, 3.05) is 0 Å². The molecule has 0 radical (unpaired) electrons. The molecule has 8 heteroatoms. The number of rotatable bonds is 4. The number of hydrogen-bond donors (Lipinski definition) is 3. The second-order valence-electron chi connectivity index (χ2n) is 5.28. The lowest BCUT2D eigenvalue weighted by Gasteiger charge is -2.14. The number of halogens is 1. The van der Waals surface area contributed by atoms with Crippen molar-refractivity contribution >= 4 is 22.7 Å². The summed E-state index contributed by atoms with van der Waals surface area (Å²) >= 11 is 0. The summed E-state index contributed by atoms with van der Waals surface area (Å²) in [6, 6.07) is 12.4. The number of carbonyl (C=O) groups excluding carboxylic acids is 2. The first kappa shape index (κ1) is 16.4. The Bertz CT molecular complexity index is 908. The Labute approximate surface area is 142 Å². The van der Waals surface area contributed by atoms with E-state index in [1.165, 1.54) is 31.2 Å². The van der Waals surface area contributed by atoms with Gasteiger partial charge in [-0.1, -0.05) is 18.2 Å². The molecule has 0 bridgehead atoms. The Morgan fingerprint density at radius 1 is 1.12 bits per heavy atom. The maximum Gasteiger partial charge on any atom is 0.290 e. The van der Waals surface area contributed by atoms with Crippen molar-refractivity contribution in [1.29, 1.82) is 0 Å². The van der Waals surface area contributed by atoms with Crippen molar-refractivity contribution in [3.05, 3.63) is 60.0 Å². The van der Waals surface area contributed by atoms with E-state index in [-0.39, 0.29) is 5.69 Å². The summed E-state index contributed by atoms with van der Waals surface area (Å²) < 4.78 is 18.2. The molecule has 0 saturated heterocycles. The van der Waals surface area contributed by atoms with E-state index in [4.69, 9.17) is 4.74 Å². The molecule has 3 aromatic rings. The molecule has 3 rings (SSSR count). The quantitative estimate of drug-likeness (QED) is 0.631. The smallest absolute Gasteiger partial charge is 0.290 e. The van der Waals surface area contributed by atoms with Crippen molar-refractivity contribution in [2.45, 2.75) is 13.0 Å². The van der Waals surface area contributed by atoms with Crippen LogP contribution in [0.2, 0.25) is 0 Å². The zero-order chi connectivity index (χ0) is 17.8. The van der Waals surface area contributed by atoms with Crippen LogP contribution in [0.4, 0.5) is 4.39 Å². The predicted molar refractivity (Wildman–Crippen MR) is 88.2 cm³/mol. The third-order valence-electron chi connectivity index (χ3n) is 3.48. The van der Waals surface area contributed by atoms with Gasteiger partial charge in [-0.05, 0) is 37.3 Å². The van der Waals surface area contributed by atoms with Crippen molar-refractivity contribution in [3.63, 3.8) is 0 Å². The van der Waals surface area contributed by atoms with Gasteiger partial charge in [0.2, 0.25) is 0 Å². The van der Waals surface area contributed by atoms with E-state index in [9.17, 15) is 14.0 Å². The summed E-state index contributed by atoms with van der Waals surface area (Å²) in [6.07, 6.45) is -0.887. The first-order valence-corrected chi connectivity index (χ1v) is 7.50. The third kappa shape index (κ3) is 3.74. The average molecular weight is 342 g/mol. The second kappa shape index (κ2) is 7.00. The highest BCUT2D eigenvalue weighted by Crippen LogP contribution is 2.15. The van der Waals surface area contributed by atoms with Crippen LogP contribution in [0.5, 0.6) is 5.75 Å². The SMILES string of the molecule is C[C@@H](Oc1ccc(F)cc1)C(=O)NNC(=O)c1n[nH]c2ccccc12. The molecule has 3 N–H and O–H groups in total. The Morgan fingerprint density at radius 3 is 2.60 bits per heavy atom. The lowest BCUT2D eigenvalue weighted by atomic mass is 10.2. The van der Waals surface area contributed by atoms with Gasteiger partial charge >= 0.3 is 0 Å². The van der Waals surface area contributed by atoms with Crippen LogP contribution in [0.1, 0.15) is 17.4 Å². The number of nitrogens with one attached hydrogen (secondary N) is 3. The molecule has 2 aromatic carbocycles. The van der Waals surface area contributed by atoms with Gasteiger partial charge < -0.3 is 4.74 Å². The fourth-order valence-corrected chi connectivity index (χ4v) is 2.19. The van der Waals surface area contributed by atoms with Crippen LogP contribution in [0.25, 0.3) is 10.9 Å². The fourth-order valence-electron chi connectivity index (χ4n) is 2.19. The van der Waals surface area contributed by atoms with E-state index in [0.717, 1.165) is 0 Å². The summed E-state index contributed by atoms with van der Waals surface area (Å²) in [5.41, 5.74) is 5.45. The Balaban J connectivity index is 1.57. The van der Waals surface area contributed by atoms with E-state index >= 15 is 0 Å². The average Bonchev–Trinajstić information content (AvgIpc) is 3.05. The van der Waals surface area contributed by atoms with Gasteiger partial charge in [-0.25, -0.2) is 4.39 Å². The Morgan fingerprint density at radius 2 is 1.84 bits per heavy atom. The standard InChI is InChI=1S/C17H15FN4O3/c1-10(25-12-8-6-11(18)7-9-12)16(23)21-22-17(24)15-13-4-2-3-5-14(13)19-20-15/h2-10H,1H3,(H,19,20)(H,21,23)(H,22,24)/t10-/m1/s1. The van der Waals surface area contributed by atoms with Crippen LogP contribution < -0.4 is 15.6 Å². The number of ether oxygens (including phenoxy) is 1. The maximum atomic E-state index is 12.8. The molecule has 0 spiro atoms. The number of hydrogen-bond acceptors (Lipinski definition) is 4. The van der Waals surface area contributed by atoms with Crippen LogP contribution >= 0.6 is 0 Å². The third-order valence-corrected chi connectivity index (χ3v) is 3.48. The number of nitrogens with zero attached hydrogens (tertiary/aromatic N) is 1. The van der Waals surface area contributed by atoms with E-state index in [2.05, 4.69) is 21.0 Å². The number of H-pyrrole nitrogens is 1. The minimum Gasteiger partial charge on any atom is -0.481 e. The first-order valence-electron chi connectivity index (χ1n) is 7.50.